The third-order valence-corrected chi connectivity index (χ3v) is 10.6. The molecule has 0 aliphatic rings. The first-order valence-electron chi connectivity index (χ1n) is 17.7. The minimum Gasteiger partial charge on any atom is -0.247 e. The van der Waals surface area contributed by atoms with Gasteiger partial charge in [-0.05, 0) is 67.7 Å². The van der Waals surface area contributed by atoms with Crippen molar-refractivity contribution in [1.82, 2.24) is 15.0 Å². The maximum absolute atomic E-state index is 5.42. The number of benzene rings is 8. The smallest absolute Gasteiger partial charge is 0.0972 e. The van der Waals surface area contributed by atoms with Gasteiger partial charge in [-0.15, -0.1) is 0 Å². The largest absolute Gasteiger partial charge is 0.247 e. The molecule has 0 spiro atoms. The van der Waals surface area contributed by atoms with E-state index in [0.29, 0.717) is 0 Å². The fourth-order valence-corrected chi connectivity index (χ4v) is 8.16. The van der Waals surface area contributed by atoms with E-state index in [0.717, 1.165) is 66.1 Å². The Bertz CT molecular complexity index is 3240. The molecular formula is C49H29N3. The average Bonchev–Trinajstić information content (AvgIpc) is 3.22. The van der Waals surface area contributed by atoms with Gasteiger partial charge in [-0.25, -0.2) is 15.0 Å². The molecule has 3 heteroatoms. The number of rotatable bonds is 3. The molecule has 0 unspecified atom stereocenters. The van der Waals surface area contributed by atoms with E-state index in [2.05, 4.69) is 164 Å². The molecular weight excluding hydrogens is 631 g/mol. The van der Waals surface area contributed by atoms with Crippen molar-refractivity contribution in [3.8, 4) is 33.6 Å². The van der Waals surface area contributed by atoms with Crippen molar-refractivity contribution >= 4 is 75.9 Å². The summed E-state index contributed by atoms with van der Waals surface area (Å²) in [7, 11) is 0. The highest BCUT2D eigenvalue weighted by Gasteiger charge is 2.17. The van der Waals surface area contributed by atoms with Gasteiger partial charge in [0.05, 0.1) is 33.5 Å². The van der Waals surface area contributed by atoms with Gasteiger partial charge >= 0.3 is 0 Å². The Labute approximate surface area is 299 Å². The molecule has 0 N–H and O–H groups in total. The van der Waals surface area contributed by atoms with Gasteiger partial charge in [0, 0.05) is 32.7 Å². The number of hydrogen-bond acceptors (Lipinski definition) is 3. The monoisotopic (exact) mass is 659 g/mol. The first-order valence-corrected chi connectivity index (χ1v) is 17.7. The Kier molecular flexibility index (Phi) is 6.25. The van der Waals surface area contributed by atoms with Crippen LogP contribution in [0.25, 0.3) is 110 Å². The molecule has 8 aromatic carbocycles. The number of hydrogen-bond donors (Lipinski definition) is 0. The van der Waals surface area contributed by atoms with Gasteiger partial charge in [0.25, 0.3) is 0 Å². The van der Waals surface area contributed by atoms with E-state index in [1.165, 1.54) is 43.4 Å². The van der Waals surface area contributed by atoms with Crippen LogP contribution in [0.3, 0.4) is 0 Å². The Morgan fingerprint density at radius 2 is 0.885 bits per heavy atom. The Balaban J connectivity index is 1.14. The second kappa shape index (κ2) is 11.3. The normalized spacial score (nSPS) is 11.8. The van der Waals surface area contributed by atoms with Crippen LogP contribution < -0.4 is 0 Å². The van der Waals surface area contributed by atoms with Crippen molar-refractivity contribution in [3.63, 3.8) is 0 Å². The molecule has 0 aliphatic carbocycles. The number of nitrogens with zero attached hydrogens (tertiary/aromatic N) is 3. The van der Waals surface area contributed by atoms with Crippen molar-refractivity contribution < 1.29 is 0 Å². The summed E-state index contributed by atoms with van der Waals surface area (Å²) < 4.78 is 0. The standard InChI is InChI=1S/C49H29N3/c1-2-12-30(13-3-1)46-43-29-33-23-22-31-24-27-45(51-47(31)48(33)52-49(43)41-20-10-11-21-44(41)50-46)40-26-25-39(36-17-7-8-18-37(36)40)42-28-32-14-4-5-15-34(32)35-16-6-9-19-38(35)42/h1-29H. The number of aromatic nitrogens is 3. The lowest BCUT2D eigenvalue weighted by molar-refractivity contribution is 1.39. The fraction of sp³-hybridized carbons (Fsp3) is 0. The van der Waals surface area contributed by atoms with Crippen LogP contribution >= 0.6 is 0 Å². The van der Waals surface area contributed by atoms with E-state index < -0.39 is 0 Å². The summed E-state index contributed by atoms with van der Waals surface area (Å²) in [5.74, 6) is 0. The van der Waals surface area contributed by atoms with Crippen molar-refractivity contribution in [2.75, 3.05) is 0 Å². The Morgan fingerprint density at radius 3 is 1.71 bits per heavy atom. The van der Waals surface area contributed by atoms with Crippen LogP contribution in [-0.4, -0.2) is 15.0 Å². The van der Waals surface area contributed by atoms with Gasteiger partial charge in [0.1, 0.15) is 0 Å². The summed E-state index contributed by atoms with van der Waals surface area (Å²) >= 11 is 0. The highest BCUT2D eigenvalue weighted by Crippen LogP contribution is 2.41. The third-order valence-electron chi connectivity index (χ3n) is 10.6. The molecule has 52 heavy (non-hydrogen) atoms. The molecule has 0 amide bonds. The highest BCUT2D eigenvalue weighted by atomic mass is 14.8. The fourth-order valence-electron chi connectivity index (χ4n) is 8.16. The lowest BCUT2D eigenvalue weighted by atomic mass is 9.89. The predicted molar refractivity (Wildman–Crippen MR) is 219 cm³/mol. The molecule has 0 bridgehead atoms. The van der Waals surface area contributed by atoms with Gasteiger partial charge in [-0.3, -0.25) is 0 Å². The maximum atomic E-state index is 5.42. The van der Waals surface area contributed by atoms with Crippen LogP contribution in [-0.2, 0) is 0 Å². The number of para-hydroxylation sites is 1. The molecule has 0 aliphatic heterocycles. The van der Waals surface area contributed by atoms with Crippen molar-refractivity contribution in [2.45, 2.75) is 0 Å². The second-order valence-electron chi connectivity index (χ2n) is 13.5. The van der Waals surface area contributed by atoms with Crippen molar-refractivity contribution in [1.29, 1.82) is 0 Å². The van der Waals surface area contributed by atoms with Crippen LogP contribution in [0.1, 0.15) is 0 Å². The minimum atomic E-state index is 0.894. The summed E-state index contributed by atoms with van der Waals surface area (Å²) in [5.41, 5.74) is 10.2. The van der Waals surface area contributed by atoms with Crippen molar-refractivity contribution in [3.05, 3.63) is 176 Å². The quantitative estimate of drug-likeness (QED) is 0.140. The van der Waals surface area contributed by atoms with Crippen LogP contribution in [0.15, 0.2) is 176 Å². The molecule has 3 aromatic heterocycles. The van der Waals surface area contributed by atoms with Gasteiger partial charge < -0.3 is 0 Å². The molecule has 0 radical (unpaired) electrons. The van der Waals surface area contributed by atoms with E-state index in [1.807, 2.05) is 12.1 Å². The molecule has 3 nitrogen and oxygen atoms in total. The third kappa shape index (κ3) is 4.36. The predicted octanol–water partition coefficient (Wildman–Crippen LogP) is 12.9. The first-order chi connectivity index (χ1) is 25.8. The SMILES string of the molecule is c1ccc(-c2nc3ccccc3c3nc4c(ccc5ccc(-c6ccc(-c7cc8ccccc8c8ccccc78)c7ccccc67)nc54)cc23)cc1. The summed E-state index contributed by atoms with van der Waals surface area (Å²) in [5, 5.41) is 11.6. The lowest BCUT2D eigenvalue weighted by Gasteiger charge is -2.16. The van der Waals surface area contributed by atoms with E-state index in [1.54, 1.807) is 0 Å². The highest BCUT2D eigenvalue weighted by molar-refractivity contribution is 6.18. The van der Waals surface area contributed by atoms with Crippen LogP contribution in [0.2, 0.25) is 0 Å². The Hall–Kier alpha value is -6.97. The molecule has 0 saturated carbocycles. The Morgan fingerprint density at radius 1 is 0.288 bits per heavy atom. The van der Waals surface area contributed by atoms with Gasteiger partial charge in [-0.1, -0.05) is 152 Å². The lowest BCUT2D eigenvalue weighted by Crippen LogP contribution is -1.94. The molecule has 11 rings (SSSR count). The summed E-state index contributed by atoms with van der Waals surface area (Å²) in [6.45, 7) is 0. The van der Waals surface area contributed by atoms with Gasteiger partial charge in [0.2, 0.25) is 0 Å². The zero-order chi connectivity index (χ0) is 34.2. The number of pyridine rings is 3. The molecule has 11 aromatic rings. The van der Waals surface area contributed by atoms with E-state index in [9.17, 15) is 0 Å². The topological polar surface area (TPSA) is 38.7 Å². The molecule has 0 fully saturated rings. The summed E-state index contributed by atoms with van der Waals surface area (Å²) in [4.78, 5) is 16.0. The van der Waals surface area contributed by atoms with Crippen molar-refractivity contribution in [2.24, 2.45) is 0 Å². The molecule has 0 saturated heterocycles. The summed E-state index contributed by atoms with van der Waals surface area (Å²) in [6.07, 6.45) is 0. The van der Waals surface area contributed by atoms with E-state index >= 15 is 0 Å². The summed E-state index contributed by atoms with van der Waals surface area (Å²) in [6, 6.07) is 62.6. The van der Waals surface area contributed by atoms with Crippen LogP contribution in [0.4, 0.5) is 0 Å². The minimum absolute atomic E-state index is 0.894. The number of fused-ring (bicyclic) bond motifs is 10. The van der Waals surface area contributed by atoms with Crippen LogP contribution in [0.5, 0.6) is 0 Å². The van der Waals surface area contributed by atoms with Gasteiger partial charge in [0.15, 0.2) is 0 Å². The zero-order valence-electron chi connectivity index (χ0n) is 28.1. The van der Waals surface area contributed by atoms with E-state index in [-0.39, 0.29) is 0 Å². The average molecular weight is 660 g/mol. The molecule has 0 atom stereocenters. The van der Waals surface area contributed by atoms with Gasteiger partial charge in [-0.2, -0.15) is 0 Å². The molecule has 3 heterocycles. The van der Waals surface area contributed by atoms with Crippen LogP contribution in [0, 0.1) is 0 Å². The maximum Gasteiger partial charge on any atom is 0.0972 e. The first kappa shape index (κ1) is 28.8. The second-order valence-corrected chi connectivity index (χ2v) is 13.5. The zero-order valence-corrected chi connectivity index (χ0v) is 28.1. The van der Waals surface area contributed by atoms with E-state index in [4.69, 9.17) is 15.0 Å². The molecule has 240 valence electrons.